The van der Waals surface area contributed by atoms with E-state index in [9.17, 15) is 8.42 Å². The zero-order valence-corrected chi connectivity index (χ0v) is 16.4. The van der Waals surface area contributed by atoms with Crippen molar-refractivity contribution in [3.63, 3.8) is 0 Å². The van der Waals surface area contributed by atoms with Crippen LogP contribution in [0.15, 0.2) is 26.0 Å². The minimum atomic E-state index is -3.49. The molecule has 0 saturated carbocycles. The largest absolute Gasteiger partial charge is 0.306 e. The van der Waals surface area contributed by atoms with E-state index in [-0.39, 0.29) is 6.04 Å². The number of halogens is 2. The van der Waals surface area contributed by atoms with Crippen LogP contribution in [0.25, 0.3) is 0 Å². The van der Waals surface area contributed by atoms with Gasteiger partial charge in [0.05, 0.1) is 4.90 Å². The number of hydrogen-bond acceptors (Lipinski definition) is 3. The molecule has 0 atom stereocenters. The minimum Gasteiger partial charge on any atom is -0.306 e. The molecule has 21 heavy (non-hydrogen) atoms. The molecule has 1 fully saturated rings. The van der Waals surface area contributed by atoms with Gasteiger partial charge in [0.25, 0.3) is 0 Å². The Morgan fingerprint density at radius 3 is 2.33 bits per heavy atom. The predicted molar refractivity (Wildman–Crippen MR) is 92.0 cm³/mol. The maximum Gasteiger partial charge on any atom is 0.244 e. The Morgan fingerprint density at radius 2 is 1.76 bits per heavy atom. The van der Waals surface area contributed by atoms with Gasteiger partial charge in [-0.25, -0.2) is 8.42 Å². The molecule has 0 bridgehead atoms. The standard InChI is InChI=1S/C14H20Br2N2O2S/c1-10-8-13(16)14(9-12(10)15)21(19,20)18(3)11-4-6-17(2)7-5-11/h8-9,11H,4-7H2,1-3H3. The van der Waals surface area contributed by atoms with Gasteiger partial charge in [0.1, 0.15) is 0 Å². The van der Waals surface area contributed by atoms with Crippen LogP contribution in [-0.4, -0.2) is 50.8 Å². The number of benzene rings is 1. The van der Waals surface area contributed by atoms with Crippen LogP contribution in [-0.2, 0) is 10.0 Å². The van der Waals surface area contributed by atoms with Crippen molar-refractivity contribution < 1.29 is 8.42 Å². The molecule has 0 aromatic heterocycles. The molecular formula is C14H20Br2N2O2S. The van der Waals surface area contributed by atoms with Gasteiger partial charge in [-0.2, -0.15) is 4.31 Å². The lowest BCUT2D eigenvalue weighted by Gasteiger charge is -2.34. The van der Waals surface area contributed by atoms with Gasteiger partial charge in [-0.1, -0.05) is 15.9 Å². The number of piperidine rings is 1. The van der Waals surface area contributed by atoms with E-state index in [1.165, 1.54) is 4.31 Å². The first kappa shape index (κ1) is 17.4. The lowest BCUT2D eigenvalue weighted by Crippen LogP contribution is -2.44. The average Bonchev–Trinajstić information content (AvgIpc) is 2.42. The van der Waals surface area contributed by atoms with Crippen LogP contribution < -0.4 is 0 Å². The first-order valence-corrected chi connectivity index (χ1v) is 9.88. The van der Waals surface area contributed by atoms with Crippen LogP contribution in [0.4, 0.5) is 0 Å². The Kier molecular flexibility index (Phi) is 5.52. The summed E-state index contributed by atoms with van der Waals surface area (Å²) in [6.07, 6.45) is 1.74. The third-order valence-electron chi connectivity index (χ3n) is 4.07. The third-order valence-corrected chi connectivity index (χ3v) is 7.80. The average molecular weight is 440 g/mol. The summed E-state index contributed by atoms with van der Waals surface area (Å²) in [5.41, 5.74) is 1.00. The Morgan fingerprint density at radius 1 is 1.19 bits per heavy atom. The van der Waals surface area contributed by atoms with Crippen LogP contribution in [0.3, 0.4) is 0 Å². The fraction of sp³-hybridized carbons (Fsp3) is 0.571. The summed E-state index contributed by atoms with van der Waals surface area (Å²) in [5.74, 6) is 0. The minimum absolute atomic E-state index is 0.0678. The molecule has 1 aliphatic heterocycles. The summed E-state index contributed by atoms with van der Waals surface area (Å²) in [4.78, 5) is 2.55. The summed E-state index contributed by atoms with van der Waals surface area (Å²) in [6, 6.07) is 3.58. The zero-order valence-electron chi connectivity index (χ0n) is 12.4. The van der Waals surface area contributed by atoms with E-state index in [4.69, 9.17) is 0 Å². The SMILES string of the molecule is Cc1cc(Br)c(S(=O)(=O)N(C)C2CCN(C)CC2)cc1Br. The lowest BCUT2D eigenvalue weighted by atomic mass is 10.1. The molecule has 0 spiro atoms. The number of hydrogen-bond donors (Lipinski definition) is 0. The molecule has 1 aliphatic rings. The number of aryl methyl sites for hydroxylation is 1. The molecule has 0 unspecified atom stereocenters. The van der Waals surface area contributed by atoms with E-state index in [0.717, 1.165) is 36.0 Å². The van der Waals surface area contributed by atoms with Crippen molar-refractivity contribution in [2.45, 2.75) is 30.7 Å². The number of nitrogens with zero attached hydrogens (tertiary/aromatic N) is 2. The third kappa shape index (κ3) is 3.69. The van der Waals surface area contributed by atoms with Gasteiger partial charge < -0.3 is 4.90 Å². The van der Waals surface area contributed by atoms with E-state index >= 15 is 0 Å². The highest BCUT2D eigenvalue weighted by molar-refractivity contribution is 9.11. The smallest absolute Gasteiger partial charge is 0.244 e. The van der Waals surface area contributed by atoms with Gasteiger partial charge in [-0.05, 0) is 73.5 Å². The van der Waals surface area contributed by atoms with E-state index in [1.54, 1.807) is 13.1 Å². The molecule has 0 amide bonds. The molecule has 0 N–H and O–H groups in total. The first-order chi connectivity index (χ1) is 9.73. The molecule has 118 valence electrons. The fourth-order valence-electron chi connectivity index (χ4n) is 2.54. The molecule has 1 saturated heterocycles. The highest BCUT2D eigenvalue weighted by atomic mass is 79.9. The Hall–Kier alpha value is 0.0500. The van der Waals surface area contributed by atoms with Gasteiger partial charge in [-0.15, -0.1) is 0 Å². The van der Waals surface area contributed by atoms with E-state index in [2.05, 4.69) is 43.8 Å². The van der Waals surface area contributed by atoms with Crippen LogP contribution in [0, 0.1) is 6.92 Å². The molecule has 1 aromatic rings. The summed E-state index contributed by atoms with van der Waals surface area (Å²) in [6.45, 7) is 3.80. The van der Waals surface area contributed by atoms with Crippen molar-refractivity contribution in [3.05, 3.63) is 26.6 Å². The molecule has 1 heterocycles. The number of sulfonamides is 1. The fourth-order valence-corrected chi connectivity index (χ4v) is 5.59. The lowest BCUT2D eigenvalue weighted by molar-refractivity contribution is 0.197. The second kappa shape index (κ2) is 6.66. The second-order valence-electron chi connectivity index (χ2n) is 5.59. The summed E-state index contributed by atoms with van der Waals surface area (Å²) in [5, 5.41) is 0. The Labute approximate surface area is 143 Å². The molecule has 0 radical (unpaired) electrons. The van der Waals surface area contributed by atoms with Crippen LogP contribution in [0.2, 0.25) is 0 Å². The normalized spacial score (nSPS) is 18.4. The number of likely N-dealkylation sites (tertiary alicyclic amines) is 1. The van der Waals surface area contributed by atoms with Gasteiger partial charge >= 0.3 is 0 Å². The highest BCUT2D eigenvalue weighted by Gasteiger charge is 2.31. The van der Waals surface area contributed by atoms with Crippen molar-refractivity contribution in [2.75, 3.05) is 27.2 Å². The predicted octanol–water partition coefficient (Wildman–Crippen LogP) is 3.23. The van der Waals surface area contributed by atoms with Gasteiger partial charge in [0, 0.05) is 22.0 Å². The maximum atomic E-state index is 12.9. The highest BCUT2D eigenvalue weighted by Crippen LogP contribution is 2.32. The maximum absolute atomic E-state index is 12.9. The van der Waals surface area contributed by atoms with Crippen LogP contribution >= 0.6 is 31.9 Å². The molecule has 2 rings (SSSR count). The zero-order chi connectivity index (χ0) is 15.8. The molecule has 4 nitrogen and oxygen atoms in total. The van der Waals surface area contributed by atoms with Crippen molar-refractivity contribution >= 4 is 41.9 Å². The summed E-state index contributed by atoms with van der Waals surface area (Å²) in [7, 11) is 0.266. The van der Waals surface area contributed by atoms with Crippen LogP contribution in [0.5, 0.6) is 0 Å². The topological polar surface area (TPSA) is 40.6 Å². The summed E-state index contributed by atoms with van der Waals surface area (Å²) >= 11 is 6.80. The van der Waals surface area contributed by atoms with E-state index in [0.29, 0.717) is 9.37 Å². The van der Waals surface area contributed by atoms with Crippen molar-refractivity contribution in [1.29, 1.82) is 0 Å². The molecule has 7 heteroatoms. The van der Waals surface area contributed by atoms with Crippen LogP contribution in [0.1, 0.15) is 18.4 Å². The van der Waals surface area contributed by atoms with Crippen molar-refractivity contribution in [2.24, 2.45) is 0 Å². The first-order valence-electron chi connectivity index (χ1n) is 6.85. The van der Waals surface area contributed by atoms with E-state index < -0.39 is 10.0 Å². The van der Waals surface area contributed by atoms with Gasteiger partial charge in [0.2, 0.25) is 10.0 Å². The van der Waals surface area contributed by atoms with Crippen molar-refractivity contribution in [1.82, 2.24) is 9.21 Å². The van der Waals surface area contributed by atoms with Gasteiger partial charge in [0.15, 0.2) is 0 Å². The Balaban J connectivity index is 2.31. The van der Waals surface area contributed by atoms with Gasteiger partial charge in [-0.3, -0.25) is 0 Å². The quantitative estimate of drug-likeness (QED) is 0.725. The van der Waals surface area contributed by atoms with E-state index in [1.807, 2.05) is 13.0 Å². The molecule has 0 aliphatic carbocycles. The Bertz CT molecular complexity index is 626. The summed E-state index contributed by atoms with van der Waals surface area (Å²) < 4.78 is 28.7. The second-order valence-corrected chi connectivity index (χ2v) is 9.26. The monoisotopic (exact) mass is 438 g/mol. The van der Waals surface area contributed by atoms with Crippen molar-refractivity contribution in [3.8, 4) is 0 Å². The molecular weight excluding hydrogens is 420 g/mol. The molecule has 1 aromatic carbocycles. The number of rotatable bonds is 3.